The van der Waals surface area contributed by atoms with Crippen molar-refractivity contribution in [2.75, 3.05) is 26.1 Å². The van der Waals surface area contributed by atoms with Crippen molar-refractivity contribution in [1.29, 1.82) is 0 Å². The van der Waals surface area contributed by atoms with Gasteiger partial charge in [0, 0.05) is 23.8 Å². The molecule has 2 N–H and O–H groups in total. The van der Waals surface area contributed by atoms with Gasteiger partial charge in [-0.15, -0.1) is 0 Å². The van der Waals surface area contributed by atoms with E-state index in [0.717, 1.165) is 18.4 Å². The molecule has 1 unspecified atom stereocenters. The summed E-state index contributed by atoms with van der Waals surface area (Å²) in [6.07, 6.45) is 1.81. The number of nitrogens with one attached hydrogen (secondary N) is 2. The Kier molecular flexibility index (Phi) is 6.82. The lowest BCUT2D eigenvalue weighted by Crippen LogP contribution is -2.34. The third kappa shape index (κ3) is 4.84. The molecule has 1 aliphatic rings. The molecule has 0 aromatic heterocycles. The Morgan fingerprint density at radius 3 is 2.53 bits per heavy atom. The van der Waals surface area contributed by atoms with Crippen molar-refractivity contribution < 1.29 is 19.1 Å². The molecule has 0 saturated carbocycles. The number of rotatable bonds is 6. The van der Waals surface area contributed by atoms with E-state index in [1.54, 1.807) is 38.5 Å². The topological polar surface area (TPSA) is 79.9 Å². The molecular formula is C23H29N3O4. The maximum absolute atomic E-state index is 13.3. The Balaban J connectivity index is 1.79. The average molecular weight is 412 g/mol. The minimum absolute atomic E-state index is 0.0293. The van der Waals surface area contributed by atoms with Crippen LogP contribution in [0.15, 0.2) is 42.5 Å². The summed E-state index contributed by atoms with van der Waals surface area (Å²) in [6.45, 7) is 4.46. The molecule has 7 heteroatoms. The van der Waals surface area contributed by atoms with E-state index in [1.807, 2.05) is 36.9 Å². The molecule has 0 aliphatic carbocycles. The fourth-order valence-electron chi connectivity index (χ4n) is 3.74. The van der Waals surface area contributed by atoms with Crippen molar-refractivity contribution in [2.24, 2.45) is 0 Å². The molecule has 3 amide bonds. The fraction of sp³-hybridized carbons (Fsp3) is 0.391. The van der Waals surface area contributed by atoms with Crippen molar-refractivity contribution in [3.8, 4) is 11.5 Å². The summed E-state index contributed by atoms with van der Waals surface area (Å²) in [4.78, 5) is 27.1. The van der Waals surface area contributed by atoms with Gasteiger partial charge in [0.05, 0.1) is 20.3 Å². The number of hydrogen-bond donors (Lipinski definition) is 2. The first-order valence-corrected chi connectivity index (χ1v) is 10.1. The predicted molar refractivity (Wildman–Crippen MR) is 116 cm³/mol. The van der Waals surface area contributed by atoms with E-state index in [1.165, 1.54) is 0 Å². The average Bonchev–Trinajstić information content (AvgIpc) is 3.22. The van der Waals surface area contributed by atoms with Crippen molar-refractivity contribution in [3.63, 3.8) is 0 Å². The maximum atomic E-state index is 13.3. The highest BCUT2D eigenvalue weighted by Crippen LogP contribution is 2.37. The molecule has 2 aromatic rings. The summed E-state index contributed by atoms with van der Waals surface area (Å²) in [6, 6.07) is 12.5. The number of anilines is 1. The van der Waals surface area contributed by atoms with Crippen LogP contribution >= 0.6 is 0 Å². The summed E-state index contributed by atoms with van der Waals surface area (Å²) in [5.74, 6) is 1.26. The summed E-state index contributed by atoms with van der Waals surface area (Å²) >= 11 is 0. The van der Waals surface area contributed by atoms with E-state index >= 15 is 0 Å². The van der Waals surface area contributed by atoms with Crippen molar-refractivity contribution >= 4 is 17.6 Å². The zero-order valence-corrected chi connectivity index (χ0v) is 17.9. The monoisotopic (exact) mass is 411 g/mol. The third-order valence-electron chi connectivity index (χ3n) is 5.09. The molecule has 7 nitrogen and oxygen atoms in total. The molecule has 1 saturated heterocycles. The van der Waals surface area contributed by atoms with Crippen LogP contribution in [-0.2, 0) is 0 Å². The van der Waals surface area contributed by atoms with Crippen LogP contribution in [0, 0.1) is 0 Å². The minimum atomic E-state index is -0.293. The zero-order chi connectivity index (χ0) is 21.7. The number of nitrogens with zero attached hydrogens (tertiary/aromatic N) is 1. The Labute approximate surface area is 177 Å². The van der Waals surface area contributed by atoms with Crippen LogP contribution in [-0.4, -0.2) is 43.6 Å². The lowest BCUT2D eigenvalue weighted by atomic mass is 10.0. The van der Waals surface area contributed by atoms with Gasteiger partial charge in [-0.2, -0.15) is 0 Å². The molecule has 2 aromatic carbocycles. The van der Waals surface area contributed by atoms with Crippen LogP contribution < -0.4 is 20.1 Å². The molecule has 1 heterocycles. The standard InChI is InChI=1S/C23H29N3O4/c1-15(2)24-23(28)25-18-8-5-7-17(13-18)22(27)26-12-6-9-19(26)16-10-11-20(29-3)21(14-16)30-4/h5,7-8,10-11,13-15,19H,6,9,12H2,1-4H3,(H2,24,25,28). The molecule has 3 rings (SSSR count). The number of likely N-dealkylation sites (tertiary alicyclic amines) is 1. The van der Waals surface area contributed by atoms with Crippen LogP contribution in [0.1, 0.15) is 48.7 Å². The third-order valence-corrected chi connectivity index (χ3v) is 5.09. The van der Waals surface area contributed by atoms with Gasteiger partial charge in [-0.25, -0.2) is 4.79 Å². The highest BCUT2D eigenvalue weighted by Gasteiger charge is 2.31. The van der Waals surface area contributed by atoms with E-state index in [2.05, 4.69) is 10.6 Å². The van der Waals surface area contributed by atoms with Gasteiger partial charge in [-0.05, 0) is 62.6 Å². The molecule has 1 aliphatic heterocycles. The largest absolute Gasteiger partial charge is 0.493 e. The Hall–Kier alpha value is -3.22. The number of ether oxygens (including phenoxy) is 2. The van der Waals surface area contributed by atoms with Crippen molar-refractivity contribution in [3.05, 3.63) is 53.6 Å². The van der Waals surface area contributed by atoms with Crippen LogP contribution in [0.3, 0.4) is 0 Å². The second-order valence-corrected chi connectivity index (χ2v) is 7.60. The lowest BCUT2D eigenvalue weighted by molar-refractivity contribution is 0.0735. The highest BCUT2D eigenvalue weighted by atomic mass is 16.5. The smallest absolute Gasteiger partial charge is 0.319 e. The van der Waals surface area contributed by atoms with Crippen LogP contribution in [0.2, 0.25) is 0 Å². The quantitative estimate of drug-likeness (QED) is 0.746. The van der Waals surface area contributed by atoms with E-state index in [0.29, 0.717) is 29.3 Å². The predicted octanol–water partition coefficient (Wildman–Crippen LogP) is 4.21. The van der Waals surface area contributed by atoms with Gasteiger partial charge in [-0.3, -0.25) is 4.79 Å². The van der Waals surface area contributed by atoms with Gasteiger partial charge in [0.2, 0.25) is 0 Å². The van der Waals surface area contributed by atoms with Gasteiger partial charge in [0.1, 0.15) is 0 Å². The molecule has 30 heavy (non-hydrogen) atoms. The number of carbonyl (C=O) groups excluding carboxylic acids is 2. The Morgan fingerprint density at radius 1 is 1.07 bits per heavy atom. The summed E-state index contributed by atoms with van der Waals surface area (Å²) < 4.78 is 10.7. The first-order chi connectivity index (χ1) is 14.4. The zero-order valence-electron chi connectivity index (χ0n) is 17.9. The highest BCUT2D eigenvalue weighted by molar-refractivity contribution is 5.97. The molecule has 0 bridgehead atoms. The second kappa shape index (κ2) is 9.52. The molecule has 160 valence electrons. The van der Waals surface area contributed by atoms with E-state index < -0.39 is 0 Å². The van der Waals surface area contributed by atoms with E-state index in [9.17, 15) is 9.59 Å². The molecule has 1 atom stereocenters. The van der Waals surface area contributed by atoms with Gasteiger partial charge < -0.3 is 25.0 Å². The first-order valence-electron chi connectivity index (χ1n) is 10.1. The lowest BCUT2D eigenvalue weighted by Gasteiger charge is -2.26. The number of benzene rings is 2. The molecule has 0 radical (unpaired) electrons. The Bertz CT molecular complexity index is 913. The van der Waals surface area contributed by atoms with Crippen LogP contribution in [0.25, 0.3) is 0 Å². The number of urea groups is 1. The van der Waals surface area contributed by atoms with Gasteiger partial charge >= 0.3 is 6.03 Å². The first kappa shape index (κ1) is 21.5. The van der Waals surface area contributed by atoms with Gasteiger partial charge in [0.15, 0.2) is 11.5 Å². The molecular weight excluding hydrogens is 382 g/mol. The number of carbonyl (C=O) groups is 2. The van der Waals surface area contributed by atoms with E-state index in [-0.39, 0.29) is 24.0 Å². The summed E-state index contributed by atoms with van der Waals surface area (Å²) in [7, 11) is 3.21. The van der Waals surface area contributed by atoms with Crippen molar-refractivity contribution in [1.82, 2.24) is 10.2 Å². The fourth-order valence-corrected chi connectivity index (χ4v) is 3.74. The minimum Gasteiger partial charge on any atom is -0.493 e. The SMILES string of the molecule is COc1ccc(C2CCCN2C(=O)c2cccc(NC(=O)NC(C)C)c2)cc1OC. The number of methoxy groups -OCH3 is 2. The molecule has 1 fully saturated rings. The number of hydrogen-bond acceptors (Lipinski definition) is 4. The van der Waals surface area contributed by atoms with Crippen LogP contribution in [0.5, 0.6) is 11.5 Å². The van der Waals surface area contributed by atoms with Crippen LogP contribution in [0.4, 0.5) is 10.5 Å². The van der Waals surface area contributed by atoms with E-state index in [4.69, 9.17) is 9.47 Å². The summed E-state index contributed by atoms with van der Waals surface area (Å²) in [5, 5.41) is 5.55. The Morgan fingerprint density at radius 2 is 1.83 bits per heavy atom. The van der Waals surface area contributed by atoms with Crippen molar-refractivity contribution in [2.45, 2.75) is 38.8 Å². The molecule has 0 spiro atoms. The normalized spacial score (nSPS) is 15.8. The van der Waals surface area contributed by atoms with Gasteiger partial charge in [0.25, 0.3) is 5.91 Å². The summed E-state index contributed by atoms with van der Waals surface area (Å²) in [5.41, 5.74) is 2.15. The second-order valence-electron chi connectivity index (χ2n) is 7.60. The maximum Gasteiger partial charge on any atom is 0.319 e. The number of amides is 3. The van der Waals surface area contributed by atoms with Gasteiger partial charge in [-0.1, -0.05) is 12.1 Å².